The lowest BCUT2D eigenvalue weighted by atomic mass is 9.76. The van der Waals surface area contributed by atoms with E-state index in [1.165, 1.54) is 11.1 Å². The zero-order chi connectivity index (χ0) is 34.2. The fourth-order valence-electron chi connectivity index (χ4n) is 8.39. The van der Waals surface area contributed by atoms with Gasteiger partial charge >= 0.3 is 0 Å². The zero-order valence-electron chi connectivity index (χ0n) is 28.1. The second kappa shape index (κ2) is 11.4. The van der Waals surface area contributed by atoms with Crippen LogP contribution in [0.3, 0.4) is 0 Å². The first kappa shape index (κ1) is 29.0. The van der Waals surface area contributed by atoms with Crippen molar-refractivity contribution in [1.82, 2.24) is 15.0 Å². The predicted octanol–water partition coefficient (Wildman–Crippen LogP) is 11.4. The smallest absolute Gasteiger partial charge is 0.104 e. The molecule has 12 rings (SSSR count). The zero-order valence-corrected chi connectivity index (χ0v) is 28.1. The summed E-state index contributed by atoms with van der Waals surface area (Å²) in [5.74, 6) is 0.0352. The lowest BCUT2D eigenvalue weighted by Crippen LogP contribution is -2.23. The number of rotatable bonds is 2. The van der Waals surface area contributed by atoms with Crippen LogP contribution in [0, 0.1) is 5.92 Å². The van der Waals surface area contributed by atoms with Crippen LogP contribution in [0.4, 0.5) is 0 Å². The fraction of sp³-hybridized carbons (Fsp3) is 0.0417. The highest BCUT2D eigenvalue weighted by Crippen LogP contribution is 2.48. The van der Waals surface area contributed by atoms with Crippen LogP contribution >= 0.6 is 0 Å². The Balaban J connectivity index is 1.26. The van der Waals surface area contributed by atoms with Gasteiger partial charge in [0.05, 0.1) is 28.1 Å². The quantitative estimate of drug-likeness (QED) is 0.173. The molecule has 0 saturated heterocycles. The van der Waals surface area contributed by atoms with E-state index in [-0.39, 0.29) is 12.0 Å². The van der Waals surface area contributed by atoms with Crippen LogP contribution < -0.4 is 0 Å². The molecule has 0 radical (unpaired) electrons. The Morgan fingerprint density at radius 3 is 1.77 bits per heavy atom. The Kier molecular flexibility index (Phi) is 6.34. The molecule has 6 heterocycles. The van der Waals surface area contributed by atoms with Crippen molar-refractivity contribution in [3.05, 3.63) is 186 Å². The number of pyridine rings is 3. The van der Waals surface area contributed by atoms with E-state index in [1.807, 2.05) is 12.4 Å². The molecule has 0 spiro atoms. The Labute approximate surface area is 301 Å². The monoisotopic (exact) mass is 662 g/mol. The second-order valence-corrected chi connectivity index (χ2v) is 13.8. The van der Waals surface area contributed by atoms with Gasteiger partial charge in [-0.25, -0.2) is 4.98 Å². The van der Waals surface area contributed by atoms with Crippen LogP contribution in [-0.2, 0) is 0 Å². The number of hydrogen-bond acceptors (Lipinski definition) is 4. The maximum Gasteiger partial charge on any atom is 0.104 e. The van der Waals surface area contributed by atoms with E-state index < -0.39 is 0 Å². The summed E-state index contributed by atoms with van der Waals surface area (Å²) in [6, 6.07) is 49.6. The minimum Gasteiger partial charge on any atom is -0.274 e. The van der Waals surface area contributed by atoms with Gasteiger partial charge in [-0.1, -0.05) is 121 Å². The molecule has 2 unspecified atom stereocenters. The minimum absolute atomic E-state index is 0.0352. The summed E-state index contributed by atoms with van der Waals surface area (Å²) < 4.78 is 0. The Morgan fingerprint density at radius 2 is 1.08 bits per heavy atom. The van der Waals surface area contributed by atoms with E-state index in [0.29, 0.717) is 0 Å². The molecule has 8 aromatic rings. The molecule has 5 aromatic carbocycles. The van der Waals surface area contributed by atoms with E-state index in [4.69, 9.17) is 19.9 Å². The second-order valence-electron chi connectivity index (χ2n) is 13.8. The van der Waals surface area contributed by atoms with Crippen LogP contribution in [0.25, 0.3) is 78.1 Å². The summed E-state index contributed by atoms with van der Waals surface area (Å²) >= 11 is 0. The highest BCUT2D eigenvalue weighted by molar-refractivity contribution is 6.15. The van der Waals surface area contributed by atoms with Crippen LogP contribution in [0.5, 0.6) is 0 Å². The summed E-state index contributed by atoms with van der Waals surface area (Å²) in [4.78, 5) is 21.0. The minimum atomic E-state index is -0.206. The molecular weight excluding hydrogens is 633 g/mol. The lowest BCUT2D eigenvalue weighted by molar-refractivity contribution is 0.606. The Morgan fingerprint density at radius 1 is 0.481 bits per heavy atom. The number of fused-ring (bicyclic) bond motifs is 1. The molecule has 14 bridgehead atoms. The third kappa shape index (κ3) is 4.47. The van der Waals surface area contributed by atoms with Crippen molar-refractivity contribution in [2.75, 3.05) is 0 Å². The first-order valence-corrected chi connectivity index (χ1v) is 17.8. The first-order valence-electron chi connectivity index (χ1n) is 17.8. The molecule has 1 aliphatic carbocycles. The molecule has 3 aromatic heterocycles. The van der Waals surface area contributed by atoms with Crippen molar-refractivity contribution in [2.24, 2.45) is 10.9 Å². The number of benzene rings is 5. The van der Waals surface area contributed by atoms with Gasteiger partial charge in [0.2, 0.25) is 0 Å². The van der Waals surface area contributed by atoms with Crippen LogP contribution in [0.1, 0.15) is 28.4 Å². The third-order valence-electron chi connectivity index (χ3n) is 10.9. The molecule has 2 atom stereocenters. The van der Waals surface area contributed by atoms with E-state index in [0.717, 1.165) is 89.0 Å². The molecule has 0 amide bonds. The number of aromatic nitrogens is 3. The molecule has 4 heteroatoms. The van der Waals surface area contributed by atoms with Crippen LogP contribution in [0.2, 0.25) is 0 Å². The van der Waals surface area contributed by atoms with Crippen molar-refractivity contribution in [1.29, 1.82) is 0 Å². The molecular formula is C48H30N4. The molecule has 0 fully saturated rings. The summed E-state index contributed by atoms with van der Waals surface area (Å²) in [6.07, 6.45) is 10.7. The Bertz CT molecular complexity index is 2850. The van der Waals surface area contributed by atoms with Crippen LogP contribution in [0.15, 0.2) is 169 Å². The van der Waals surface area contributed by atoms with Crippen molar-refractivity contribution in [3.63, 3.8) is 0 Å². The van der Waals surface area contributed by atoms with Crippen molar-refractivity contribution in [3.8, 4) is 44.6 Å². The van der Waals surface area contributed by atoms with Gasteiger partial charge in [-0.15, -0.1) is 0 Å². The lowest BCUT2D eigenvalue weighted by Gasteiger charge is -2.33. The van der Waals surface area contributed by atoms with Crippen LogP contribution in [-0.4, -0.2) is 20.7 Å². The van der Waals surface area contributed by atoms with Gasteiger partial charge in [0.15, 0.2) is 0 Å². The number of allylic oxidation sites excluding steroid dienone is 1. The summed E-state index contributed by atoms with van der Waals surface area (Å²) in [6.45, 7) is 0. The van der Waals surface area contributed by atoms with Gasteiger partial charge in [-0.3, -0.25) is 15.0 Å². The van der Waals surface area contributed by atoms with E-state index >= 15 is 0 Å². The topological polar surface area (TPSA) is 51.0 Å². The molecule has 242 valence electrons. The average molecular weight is 663 g/mol. The van der Waals surface area contributed by atoms with Gasteiger partial charge in [0, 0.05) is 45.8 Å². The van der Waals surface area contributed by atoms with Gasteiger partial charge < -0.3 is 0 Å². The van der Waals surface area contributed by atoms with Gasteiger partial charge in [-0.05, 0) is 80.9 Å². The SMILES string of the molecule is C1=CC2C(c3ccccc3)=CC3=NC2c2nc(cc(-c4ccccc4)c21)-c1cccc(c1)-c1ccnc2c1ccc1c(ccnc12)-c1cccc3c1. The summed E-state index contributed by atoms with van der Waals surface area (Å²) in [7, 11) is 0. The Hall–Kier alpha value is -6.78. The van der Waals surface area contributed by atoms with E-state index in [1.54, 1.807) is 0 Å². The van der Waals surface area contributed by atoms with E-state index in [9.17, 15) is 0 Å². The van der Waals surface area contributed by atoms with Gasteiger partial charge in [0.25, 0.3) is 0 Å². The molecule has 4 aliphatic rings. The molecule has 0 saturated carbocycles. The normalized spacial score (nSPS) is 16.6. The average Bonchev–Trinajstić information content (AvgIpc) is 3.22. The van der Waals surface area contributed by atoms with Crippen molar-refractivity contribution >= 4 is 39.2 Å². The fourth-order valence-corrected chi connectivity index (χ4v) is 8.39. The number of hydrogen-bond donors (Lipinski definition) is 0. The maximum absolute atomic E-state index is 5.62. The van der Waals surface area contributed by atoms with Crippen molar-refractivity contribution < 1.29 is 0 Å². The third-order valence-corrected chi connectivity index (χ3v) is 10.9. The van der Waals surface area contributed by atoms with Gasteiger partial charge in [0.1, 0.15) is 6.04 Å². The number of nitrogens with zero attached hydrogens (tertiary/aromatic N) is 4. The summed E-state index contributed by atoms with van der Waals surface area (Å²) in [5.41, 5.74) is 17.2. The highest BCUT2D eigenvalue weighted by Gasteiger charge is 2.35. The van der Waals surface area contributed by atoms with Crippen molar-refractivity contribution in [2.45, 2.75) is 6.04 Å². The largest absolute Gasteiger partial charge is 0.274 e. The maximum atomic E-state index is 5.62. The molecule has 3 aliphatic heterocycles. The number of aliphatic imine (C=N–C) groups is 1. The predicted molar refractivity (Wildman–Crippen MR) is 213 cm³/mol. The summed E-state index contributed by atoms with van der Waals surface area (Å²) in [5, 5.41) is 2.15. The molecule has 4 nitrogen and oxygen atoms in total. The molecule has 0 N–H and O–H groups in total. The molecule has 52 heavy (non-hydrogen) atoms. The highest BCUT2D eigenvalue weighted by atomic mass is 14.9. The van der Waals surface area contributed by atoms with E-state index in [2.05, 4.69) is 158 Å². The standard InChI is InChI=1S/C48H30N4/c1-3-9-29(10-4-1)41-27-43-33-15-7-13-31(25-33)35-21-23-49-45-37(35)17-18-38-36(22-24-50-46(38)45)32-14-8-16-34(26-32)44-28-42(30-11-5-2-6-12-30)40-20-19-39(41)47(51-43)48(40)52-44/h1-28,39,47H. The first-order chi connectivity index (χ1) is 25.8. The number of dihydropyridines is 1. The van der Waals surface area contributed by atoms with Gasteiger partial charge in [-0.2, -0.15) is 0 Å².